The van der Waals surface area contributed by atoms with Gasteiger partial charge in [0.1, 0.15) is 42.3 Å². The van der Waals surface area contributed by atoms with Crippen molar-refractivity contribution in [1.29, 1.82) is 0 Å². The summed E-state index contributed by atoms with van der Waals surface area (Å²) in [5.41, 5.74) is 20.2. The number of carbonyl (C=O) groups is 8. The molecule has 0 saturated carbocycles. The summed E-state index contributed by atoms with van der Waals surface area (Å²) < 4.78 is 0. The lowest BCUT2D eigenvalue weighted by molar-refractivity contribution is -0.148. The van der Waals surface area contributed by atoms with Crippen LogP contribution in [0.1, 0.15) is 68.2 Å². The number of rotatable bonds is 27. The van der Waals surface area contributed by atoms with Gasteiger partial charge in [-0.1, -0.05) is 133 Å². The fourth-order valence-corrected chi connectivity index (χ4v) is 9.44. The van der Waals surface area contributed by atoms with Crippen LogP contribution in [0.5, 0.6) is 0 Å². The number of likely N-dealkylation sites (tertiary alicyclic amines) is 1. The van der Waals surface area contributed by atoms with Crippen molar-refractivity contribution in [3.8, 4) is 0 Å². The summed E-state index contributed by atoms with van der Waals surface area (Å²) in [7, 11) is 0. The van der Waals surface area contributed by atoms with E-state index in [4.69, 9.17) is 17.2 Å². The molecule has 5 aromatic rings. The molecule has 21 nitrogen and oxygen atoms in total. The Morgan fingerprint density at radius 1 is 0.575 bits per heavy atom. The number of fused-ring (bicyclic) bond motifs is 1. The topological polar surface area (TPSA) is 343 Å². The Hall–Kier alpha value is -8.69. The van der Waals surface area contributed by atoms with E-state index in [1.54, 1.807) is 66.7 Å². The van der Waals surface area contributed by atoms with E-state index in [-0.39, 0.29) is 64.0 Å². The van der Waals surface area contributed by atoms with Crippen LogP contribution in [0.2, 0.25) is 0 Å². The highest BCUT2D eigenvalue weighted by Gasteiger charge is 2.40. The molecule has 5 aromatic carbocycles. The summed E-state index contributed by atoms with van der Waals surface area (Å²) in [5.74, 6) is -6.76. The minimum atomic E-state index is -1.58. The number of hydrogen-bond donors (Lipinski definition) is 11. The molecular weight excluding hydrogens is 1020 g/mol. The second-order valence-corrected chi connectivity index (χ2v) is 20.1. The van der Waals surface area contributed by atoms with Crippen LogP contribution < -0.4 is 49.1 Å². The molecule has 1 fully saturated rings. The van der Waals surface area contributed by atoms with Crippen LogP contribution in [-0.4, -0.2) is 136 Å². The van der Waals surface area contributed by atoms with Gasteiger partial charge in [-0.15, -0.1) is 0 Å². The van der Waals surface area contributed by atoms with E-state index in [1.165, 1.54) is 18.7 Å². The van der Waals surface area contributed by atoms with Gasteiger partial charge in [0.2, 0.25) is 41.4 Å². The van der Waals surface area contributed by atoms with Gasteiger partial charge in [-0.2, -0.15) is 0 Å². The number of hydrogen-bond acceptors (Lipinski definition) is 11. The molecule has 14 N–H and O–H groups in total. The van der Waals surface area contributed by atoms with E-state index in [2.05, 4.69) is 36.9 Å². The quantitative estimate of drug-likeness (QED) is 0.0201. The van der Waals surface area contributed by atoms with Gasteiger partial charge in [-0.05, 0) is 85.4 Å². The summed E-state index contributed by atoms with van der Waals surface area (Å²) in [5, 5.41) is 38.9. The molecule has 1 aliphatic heterocycles. The van der Waals surface area contributed by atoms with Crippen LogP contribution >= 0.6 is 0 Å². The molecule has 424 valence electrons. The molecule has 0 bridgehead atoms. The lowest BCUT2D eigenvalue weighted by atomic mass is 9.97. The lowest BCUT2D eigenvalue weighted by Crippen LogP contribution is -2.63. The number of benzene rings is 5. The molecule has 7 amide bonds. The second-order valence-electron chi connectivity index (χ2n) is 20.1. The van der Waals surface area contributed by atoms with Crippen LogP contribution in [0.4, 0.5) is 0 Å². The molecule has 0 spiro atoms. The zero-order chi connectivity index (χ0) is 57.7. The number of nitrogens with zero attached hydrogens (tertiary/aromatic N) is 2. The Morgan fingerprint density at radius 3 is 1.69 bits per heavy atom. The summed E-state index contributed by atoms with van der Waals surface area (Å²) in [6, 6.07) is 29.5. The molecule has 0 unspecified atom stereocenters. The number of aliphatic imine (C=N–C) groups is 1. The molecular formula is C59H73N11O10. The second kappa shape index (κ2) is 29.9. The number of nitrogens with two attached hydrogens (primary N) is 3. The van der Waals surface area contributed by atoms with Crippen LogP contribution in [0.25, 0.3) is 10.8 Å². The van der Waals surface area contributed by atoms with Gasteiger partial charge in [0.15, 0.2) is 5.96 Å². The van der Waals surface area contributed by atoms with Crippen molar-refractivity contribution in [1.82, 2.24) is 36.8 Å². The largest absolute Gasteiger partial charge is 0.480 e. The monoisotopic (exact) mass is 1100 g/mol. The fourth-order valence-electron chi connectivity index (χ4n) is 9.44. The molecule has 1 saturated heterocycles. The predicted molar refractivity (Wildman–Crippen MR) is 302 cm³/mol. The van der Waals surface area contributed by atoms with Crippen LogP contribution in [0, 0.1) is 0 Å². The third kappa shape index (κ3) is 18.2. The number of carboxylic acid groups (broad SMARTS) is 1. The number of amides is 7. The van der Waals surface area contributed by atoms with Crippen molar-refractivity contribution >= 4 is 64.1 Å². The zero-order valence-corrected chi connectivity index (χ0v) is 45.0. The van der Waals surface area contributed by atoms with Gasteiger partial charge in [0, 0.05) is 32.4 Å². The van der Waals surface area contributed by atoms with E-state index in [0.29, 0.717) is 29.5 Å². The Kier molecular flexibility index (Phi) is 22.6. The standard InChI is InChI=1S/C59H73N11O10/c1-36(51(72)68-48(58(79)80)34-40-21-10-5-11-22-40)64-53(74)45(25-16-29-63-59(61)62)65-54(75)47(35-41-27-28-42-23-12-13-24-43(42)31-41)67-56(77)49-26-14-15-30-70(49)57(78)50(37(2)71)69-55(76)46(33-39-19-8-4-9-20-39)66-52(73)44(60)32-38-17-6-3-7-18-38/h3-13,17-24,27-28,31,36-37,44-50,71H,14-16,25-26,29-30,32-35,60H2,1-2H3,(H,64,74)(H,65,75)(H,66,73)(H,67,77)(H,68,72)(H,69,76)(H,79,80)(H4,61,62,63)/t36-,37-,44+,45-,46-,47-,48+,49-,50+/m0/s1. The van der Waals surface area contributed by atoms with Crippen molar-refractivity contribution in [3.05, 3.63) is 156 Å². The first-order valence-corrected chi connectivity index (χ1v) is 26.8. The normalized spacial score (nSPS) is 16.1. The van der Waals surface area contributed by atoms with Gasteiger partial charge in [-0.3, -0.25) is 38.6 Å². The Balaban J connectivity index is 1.22. The summed E-state index contributed by atoms with van der Waals surface area (Å²) in [6.45, 7) is 2.81. The van der Waals surface area contributed by atoms with Crippen LogP contribution in [0.3, 0.4) is 0 Å². The number of guanidine groups is 1. The summed E-state index contributed by atoms with van der Waals surface area (Å²) >= 11 is 0. The number of carbonyl (C=O) groups excluding carboxylic acids is 7. The molecule has 0 aliphatic carbocycles. The fraction of sp³-hybridized carbons (Fsp3) is 0.373. The minimum absolute atomic E-state index is 0.0160. The average Bonchev–Trinajstić information content (AvgIpc) is 3.46. The van der Waals surface area contributed by atoms with Gasteiger partial charge in [-0.25, -0.2) is 4.79 Å². The third-order valence-corrected chi connectivity index (χ3v) is 13.8. The highest BCUT2D eigenvalue weighted by atomic mass is 16.4. The predicted octanol–water partition coefficient (Wildman–Crippen LogP) is 1.27. The van der Waals surface area contributed by atoms with Crippen LogP contribution in [0.15, 0.2) is 138 Å². The number of aliphatic hydroxyl groups is 1. The number of aliphatic hydroxyl groups excluding tert-OH is 1. The molecule has 9 atom stereocenters. The smallest absolute Gasteiger partial charge is 0.326 e. The van der Waals surface area contributed by atoms with Gasteiger partial charge in [0.05, 0.1) is 12.1 Å². The Labute approximate surface area is 464 Å². The highest BCUT2D eigenvalue weighted by Crippen LogP contribution is 2.22. The van der Waals surface area contributed by atoms with Gasteiger partial charge < -0.3 is 64.2 Å². The van der Waals surface area contributed by atoms with Crippen LogP contribution in [-0.2, 0) is 64.0 Å². The van der Waals surface area contributed by atoms with Crippen molar-refractivity contribution in [2.75, 3.05) is 13.1 Å². The molecule has 1 heterocycles. The zero-order valence-electron chi connectivity index (χ0n) is 45.0. The molecule has 6 rings (SSSR count). The molecule has 21 heteroatoms. The molecule has 0 radical (unpaired) electrons. The first-order valence-electron chi connectivity index (χ1n) is 26.8. The number of aliphatic carboxylic acids is 1. The van der Waals surface area contributed by atoms with Gasteiger partial charge in [0.25, 0.3) is 0 Å². The minimum Gasteiger partial charge on any atom is -0.480 e. The van der Waals surface area contributed by atoms with E-state index in [0.717, 1.165) is 16.3 Å². The number of piperidine rings is 1. The first-order chi connectivity index (χ1) is 38.4. The number of nitrogens with one attached hydrogen (secondary N) is 6. The average molecular weight is 1100 g/mol. The SMILES string of the molecule is C[C@H](NC(=O)[C@H](CCCN=C(N)N)NC(=O)[C@H](Cc1ccc2ccccc2c1)NC(=O)[C@@H]1CCCCN1C(=O)[C@H](NC(=O)[C@H](Cc1ccccc1)NC(=O)[C@H](N)Cc1ccccc1)[C@H](C)O)C(=O)N[C@H](Cc1ccccc1)C(=O)O. The Bertz CT molecular complexity index is 2940. The van der Waals surface area contributed by atoms with E-state index < -0.39 is 102 Å². The maximum absolute atomic E-state index is 14.7. The first kappa shape index (κ1) is 60.5. The van der Waals surface area contributed by atoms with Crippen molar-refractivity contribution in [3.63, 3.8) is 0 Å². The van der Waals surface area contributed by atoms with Crippen molar-refractivity contribution in [2.45, 2.75) is 126 Å². The third-order valence-electron chi connectivity index (χ3n) is 13.8. The van der Waals surface area contributed by atoms with Crippen molar-refractivity contribution in [2.24, 2.45) is 22.2 Å². The van der Waals surface area contributed by atoms with Gasteiger partial charge >= 0.3 is 5.97 Å². The van der Waals surface area contributed by atoms with E-state index >= 15 is 0 Å². The molecule has 1 aliphatic rings. The highest BCUT2D eigenvalue weighted by molar-refractivity contribution is 5.98. The molecule has 80 heavy (non-hydrogen) atoms. The van der Waals surface area contributed by atoms with E-state index in [9.17, 15) is 48.6 Å². The molecule has 0 aromatic heterocycles. The summed E-state index contributed by atoms with van der Waals surface area (Å²) in [6.07, 6.45) is -0.117. The van der Waals surface area contributed by atoms with E-state index in [1.807, 2.05) is 66.7 Å². The number of carboxylic acids is 1. The summed E-state index contributed by atoms with van der Waals surface area (Å²) in [4.78, 5) is 117. The van der Waals surface area contributed by atoms with Crippen molar-refractivity contribution < 1.29 is 48.6 Å². The lowest BCUT2D eigenvalue weighted by Gasteiger charge is -2.38. The maximum Gasteiger partial charge on any atom is 0.326 e. The maximum atomic E-state index is 14.7. The Morgan fingerprint density at radius 2 is 1.09 bits per heavy atom.